The maximum Gasteiger partial charge on any atom is 0.222 e. The molecule has 0 fully saturated rings. The molecule has 0 saturated heterocycles. The molecule has 0 unspecified atom stereocenters. The van der Waals surface area contributed by atoms with E-state index in [1.165, 1.54) is 6.92 Å². The lowest BCUT2D eigenvalue weighted by Crippen LogP contribution is -2.08. The number of halogens is 1. The van der Waals surface area contributed by atoms with Crippen molar-refractivity contribution < 1.29 is 9.53 Å². The average molecular weight is 309 g/mol. The number of benzene rings is 1. The molecule has 1 amide bonds. The lowest BCUT2D eigenvalue weighted by molar-refractivity contribution is -0.114. The molecule has 18 heavy (non-hydrogen) atoms. The van der Waals surface area contributed by atoms with Gasteiger partial charge >= 0.3 is 0 Å². The molecule has 0 bridgehead atoms. The number of carbonyl (C=O) groups is 1. The molecule has 2 aromatic rings. The topological polar surface area (TPSA) is 51.2 Å². The van der Waals surface area contributed by atoms with Gasteiger partial charge in [-0.3, -0.25) is 4.79 Å². The number of hydrogen-bond acceptors (Lipinski definition) is 3. The molecular formula is C13H13BrN2O2. The highest BCUT2D eigenvalue weighted by Crippen LogP contribution is 2.29. The molecule has 94 valence electrons. The number of pyridine rings is 1. The number of amides is 1. The number of aromatic nitrogens is 1. The number of hydrogen-bond donors (Lipinski definition) is 1. The molecule has 4 nitrogen and oxygen atoms in total. The Morgan fingerprint density at radius 3 is 2.89 bits per heavy atom. The van der Waals surface area contributed by atoms with Crippen LogP contribution in [0.3, 0.4) is 0 Å². The van der Waals surface area contributed by atoms with Gasteiger partial charge in [0.25, 0.3) is 0 Å². The van der Waals surface area contributed by atoms with E-state index in [0.29, 0.717) is 18.2 Å². The van der Waals surface area contributed by atoms with Crippen molar-refractivity contribution in [3.63, 3.8) is 0 Å². The predicted octanol–water partition coefficient (Wildman–Crippen LogP) is 3.35. The second-order valence-electron chi connectivity index (χ2n) is 3.78. The fourth-order valence-corrected chi connectivity index (χ4v) is 2.05. The van der Waals surface area contributed by atoms with Gasteiger partial charge in [-0.15, -0.1) is 0 Å². The van der Waals surface area contributed by atoms with Crippen LogP contribution < -0.4 is 10.1 Å². The van der Waals surface area contributed by atoms with E-state index in [0.717, 1.165) is 15.4 Å². The van der Waals surface area contributed by atoms with E-state index in [1.54, 1.807) is 6.07 Å². The largest absolute Gasteiger partial charge is 0.493 e. The van der Waals surface area contributed by atoms with E-state index >= 15 is 0 Å². The Hall–Kier alpha value is -1.62. The van der Waals surface area contributed by atoms with Crippen molar-refractivity contribution in [1.82, 2.24) is 4.98 Å². The molecule has 1 N–H and O–H groups in total. The Kier molecular flexibility index (Phi) is 3.81. The predicted molar refractivity (Wildman–Crippen MR) is 74.9 cm³/mol. The standard InChI is InChI=1S/C13H13BrN2O2/c1-3-18-12-7-13(15-8(2)17)16-11-5-4-9(14)6-10(11)12/h4-7H,3H2,1-2H3,(H,15,16,17). The summed E-state index contributed by atoms with van der Waals surface area (Å²) in [6.45, 7) is 3.93. The quantitative estimate of drug-likeness (QED) is 0.946. The normalized spacial score (nSPS) is 10.4. The molecule has 5 heteroatoms. The smallest absolute Gasteiger partial charge is 0.222 e. The van der Waals surface area contributed by atoms with Gasteiger partial charge in [0.1, 0.15) is 11.6 Å². The third-order valence-electron chi connectivity index (χ3n) is 2.34. The van der Waals surface area contributed by atoms with Crippen LogP contribution in [0.5, 0.6) is 5.75 Å². The zero-order chi connectivity index (χ0) is 13.1. The molecule has 0 radical (unpaired) electrons. The fraction of sp³-hybridized carbons (Fsp3) is 0.231. The highest BCUT2D eigenvalue weighted by Gasteiger charge is 2.08. The second kappa shape index (κ2) is 5.35. The molecule has 0 aliphatic heterocycles. The summed E-state index contributed by atoms with van der Waals surface area (Å²) in [5, 5.41) is 3.59. The monoisotopic (exact) mass is 308 g/mol. The zero-order valence-corrected chi connectivity index (χ0v) is 11.7. The minimum absolute atomic E-state index is 0.151. The van der Waals surface area contributed by atoms with E-state index in [9.17, 15) is 4.79 Å². The van der Waals surface area contributed by atoms with Crippen LogP contribution in [0, 0.1) is 0 Å². The third kappa shape index (κ3) is 2.79. The molecule has 0 saturated carbocycles. The van der Waals surface area contributed by atoms with Crippen molar-refractivity contribution >= 4 is 38.6 Å². The minimum Gasteiger partial charge on any atom is -0.493 e. The van der Waals surface area contributed by atoms with Crippen LogP contribution in [0.15, 0.2) is 28.7 Å². The van der Waals surface area contributed by atoms with Crippen LogP contribution in [-0.4, -0.2) is 17.5 Å². The molecule has 1 heterocycles. The van der Waals surface area contributed by atoms with Crippen LogP contribution in [0.1, 0.15) is 13.8 Å². The van der Waals surface area contributed by atoms with Gasteiger partial charge < -0.3 is 10.1 Å². The first-order valence-corrected chi connectivity index (χ1v) is 6.40. The van der Waals surface area contributed by atoms with Gasteiger partial charge in [-0.1, -0.05) is 15.9 Å². The van der Waals surface area contributed by atoms with Gasteiger partial charge in [-0.2, -0.15) is 0 Å². The van der Waals surface area contributed by atoms with Crippen LogP contribution in [0.25, 0.3) is 10.9 Å². The van der Waals surface area contributed by atoms with Gasteiger partial charge in [0.2, 0.25) is 5.91 Å². The first-order valence-electron chi connectivity index (χ1n) is 5.61. The number of nitrogens with zero attached hydrogens (tertiary/aromatic N) is 1. The number of fused-ring (bicyclic) bond motifs is 1. The van der Waals surface area contributed by atoms with Gasteiger partial charge in [0.05, 0.1) is 12.1 Å². The van der Waals surface area contributed by atoms with E-state index in [4.69, 9.17) is 4.74 Å². The number of rotatable bonds is 3. The summed E-state index contributed by atoms with van der Waals surface area (Å²) < 4.78 is 6.55. The summed E-state index contributed by atoms with van der Waals surface area (Å²) in [5.41, 5.74) is 0.785. The Morgan fingerprint density at radius 2 is 2.22 bits per heavy atom. The van der Waals surface area contributed by atoms with Crippen molar-refractivity contribution in [1.29, 1.82) is 0 Å². The van der Waals surface area contributed by atoms with E-state index < -0.39 is 0 Å². The molecule has 0 aliphatic carbocycles. The Morgan fingerprint density at radius 1 is 1.44 bits per heavy atom. The van der Waals surface area contributed by atoms with Gasteiger partial charge in [-0.25, -0.2) is 4.98 Å². The summed E-state index contributed by atoms with van der Waals surface area (Å²) in [6.07, 6.45) is 0. The van der Waals surface area contributed by atoms with E-state index in [1.807, 2.05) is 25.1 Å². The third-order valence-corrected chi connectivity index (χ3v) is 2.83. The van der Waals surface area contributed by atoms with Crippen molar-refractivity contribution in [3.8, 4) is 5.75 Å². The molecular weight excluding hydrogens is 296 g/mol. The molecule has 0 atom stereocenters. The minimum atomic E-state index is -0.151. The van der Waals surface area contributed by atoms with Gasteiger partial charge in [0.15, 0.2) is 0 Å². The van der Waals surface area contributed by atoms with Crippen molar-refractivity contribution in [3.05, 3.63) is 28.7 Å². The van der Waals surface area contributed by atoms with Gasteiger partial charge in [-0.05, 0) is 25.1 Å². The first-order chi connectivity index (χ1) is 8.60. The van der Waals surface area contributed by atoms with Gasteiger partial charge in [0, 0.05) is 22.8 Å². The Balaban J connectivity index is 2.58. The SMILES string of the molecule is CCOc1cc(NC(C)=O)nc2ccc(Br)cc12. The van der Waals surface area contributed by atoms with Crippen LogP contribution in [0.2, 0.25) is 0 Å². The van der Waals surface area contributed by atoms with E-state index in [2.05, 4.69) is 26.2 Å². The summed E-state index contributed by atoms with van der Waals surface area (Å²) in [6, 6.07) is 7.47. The van der Waals surface area contributed by atoms with Crippen molar-refractivity contribution in [2.45, 2.75) is 13.8 Å². The molecule has 0 spiro atoms. The van der Waals surface area contributed by atoms with Crippen LogP contribution in [0.4, 0.5) is 5.82 Å². The molecule has 1 aromatic heterocycles. The summed E-state index contributed by atoms with van der Waals surface area (Å²) in [5.74, 6) is 1.06. The second-order valence-corrected chi connectivity index (χ2v) is 4.70. The number of nitrogens with one attached hydrogen (secondary N) is 1. The highest BCUT2D eigenvalue weighted by atomic mass is 79.9. The fourth-order valence-electron chi connectivity index (χ4n) is 1.69. The Bertz CT molecular complexity index is 599. The summed E-state index contributed by atoms with van der Waals surface area (Å²) in [7, 11) is 0. The van der Waals surface area contributed by atoms with Crippen LogP contribution in [-0.2, 0) is 4.79 Å². The summed E-state index contributed by atoms with van der Waals surface area (Å²) in [4.78, 5) is 15.4. The summed E-state index contributed by atoms with van der Waals surface area (Å²) >= 11 is 3.42. The number of anilines is 1. The maximum absolute atomic E-state index is 11.1. The lowest BCUT2D eigenvalue weighted by Gasteiger charge is -2.10. The van der Waals surface area contributed by atoms with Crippen molar-refractivity contribution in [2.75, 3.05) is 11.9 Å². The van der Waals surface area contributed by atoms with Crippen molar-refractivity contribution in [2.24, 2.45) is 0 Å². The highest BCUT2D eigenvalue weighted by molar-refractivity contribution is 9.10. The van der Waals surface area contributed by atoms with Crippen LogP contribution >= 0.6 is 15.9 Å². The zero-order valence-electron chi connectivity index (χ0n) is 10.2. The molecule has 2 rings (SSSR count). The lowest BCUT2D eigenvalue weighted by atomic mass is 10.2. The maximum atomic E-state index is 11.1. The first kappa shape index (κ1) is 12.8. The number of carbonyl (C=O) groups excluding carboxylic acids is 1. The van der Waals surface area contributed by atoms with E-state index in [-0.39, 0.29) is 5.91 Å². The number of ether oxygens (including phenoxy) is 1. The molecule has 0 aliphatic rings. The molecule has 1 aromatic carbocycles. The average Bonchev–Trinajstić information content (AvgIpc) is 2.29. The Labute approximate surface area is 113 Å².